The third-order valence-corrected chi connectivity index (χ3v) is 5.60. The van der Waals surface area contributed by atoms with E-state index in [1.807, 2.05) is 12.1 Å². The monoisotopic (exact) mass is 370 g/mol. The van der Waals surface area contributed by atoms with Crippen LogP contribution in [0.2, 0.25) is 0 Å². The molecule has 7 heteroatoms. The Bertz CT molecular complexity index is 1010. The van der Waals surface area contributed by atoms with Crippen molar-refractivity contribution in [1.82, 2.24) is 19.0 Å². The van der Waals surface area contributed by atoms with Crippen molar-refractivity contribution in [2.24, 2.45) is 24.3 Å². The molecule has 2 unspecified atom stereocenters. The van der Waals surface area contributed by atoms with Gasteiger partial charge >= 0.3 is 11.8 Å². The van der Waals surface area contributed by atoms with Crippen molar-refractivity contribution in [1.29, 1.82) is 0 Å². The number of nitrogens with zero attached hydrogens (tertiary/aromatic N) is 4. The summed E-state index contributed by atoms with van der Waals surface area (Å²) < 4.78 is 3.42. The standard InChI is InChI=1S/C20H26N4O3/c1-20(2,3)11-24-16-6-5-15(21-17(16)22(4)18(24)25)12-7-13-9-23(19(26)27)10-14(13)8-12/h5-7,13-14H,8-11H2,1-4H3,(H,26,27). The average Bonchev–Trinajstić information content (AvgIpc) is 3.21. The second kappa shape index (κ2) is 5.97. The Labute approximate surface area is 157 Å². The number of hydrogen-bond acceptors (Lipinski definition) is 3. The van der Waals surface area contributed by atoms with Gasteiger partial charge in [0.1, 0.15) is 0 Å². The summed E-state index contributed by atoms with van der Waals surface area (Å²) in [6.07, 6.45) is 2.17. The first kappa shape index (κ1) is 17.8. The summed E-state index contributed by atoms with van der Waals surface area (Å²) >= 11 is 0. The number of allylic oxidation sites excluding steroid dienone is 1. The zero-order valence-corrected chi connectivity index (χ0v) is 16.3. The molecule has 144 valence electrons. The van der Waals surface area contributed by atoms with Crippen molar-refractivity contribution in [2.45, 2.75) is 33.7 Å². The minimum absolute atomic E-state index is 0.00176. The number of amides is 1. The van der Waals surface area contributed by atoms with E-state index in [2.05, 4.69) is 26.8 Å². The highest BCUT2D eigenvalue weighted by molar-refractivity contribution is 5.77. The van der Waals surface area contributed by atoms with Crippen LogP contribution in [0.4, 0.5) is 4.79 Å². The van der Waals surface area contributed by atoms with E-state index in [1.165, 1.54) is 4.90 Å². The topological polar surface area (TPSA) is 80.4 Å². The van der Waals surface area contributed by atoms with Crippen molar-refractivity contribution in [3.05, 3.63) is 34.4 Å². The lowest BCUT2D eigenvalue weighted by molar-refractivity contribution is 0.153. The molecule has 3 heterocycles. The molecule has 1 fully saturated rings. The van der Waals surface area contributed by atoms with E-state index in [9.17, 15) is 9.59 Å². The Kier molecular flexibility index (Phi) is 3.94. The van der Waals surface area contributed by atoms with Crippen molar-refractivity contribution >= 4 is 22.8 Å². The van der Waals surface area contributed by atoms with Gasteiger partial charge in [0.05, 0.1) is 11.2 Å². The van der Waals surface area contributed by atoms with Gasteiger partial charge < -0.3 is 10.0 Å². The number of pyridine rings is 1. The van der Waals surface area contributed by atoms with Crippen molar-refractivity contribution in [3.63, 3.8) is 0 Å². The van der Waals surface area contributed by atoms with E-state index in [-0.39, 0.29) is 17.0 Å². The molecule has 1 amide bonds. The molecule has 4 rings (SSSR count). The molecule has 1 saturated heterocycles. The van der Waals surface area contributed by atoms with Gasteiger partial charge in [0, 0.05) is 32.6 Å². The van der Waals surface area contributed by atoms with Crippen molar-refractivity contribution in [2.75, 3.05) is 13.1 Å². The smallest absolute Gasteiger partial charge is 0.407 e. The molecule has 2 atom stereocenters. The molecule has 2 aliphatic rings. The number of fused-ring (bicyclic) bond motifs is 2. The molecular formula is C20H26N4O3. The zero-order valence-electron chi connectivity index (χ0n) is 16.3. The Morgan fingerprint density at radius 2 is 2.04 bits per heavy atom. The summed E-state index contributed by atoms with van der Waals surface area (Å²) in [4.78, 5) is 30.1. The van der Waals surface area contributed by atoms with Crippen LogP contribution >= 0.6 is 0 Å². The molecule has 1 aliphatic heterocycles. The quantitative estimate of drug-likeness (QED) is 0.881. The van der Waals surface area contributed by atoms with Gasteiger partial charge in [-0.05, 0) is 35.5 Å². The fraction of sp³-hybridized carbons (Fsp3) is 0.550. The summed E-state index contributed by atoms with van der Waals surface area (Å²) in [7, 11) is 1.77. The Morgan fingerprint density at radius 1 is 1.30 bits per heavy atom. The highest BCUT2D eigenvalue weighted by Crippen LogP contribution is 2.40. The predicted molar refractivity (Wildman–Crippen MR) is 104 cm³/mol. The molecule has 2 aromatic rings. The fourth-order valence-corrected chi connectivity index (χ4v) is 4.34. The van der Waals surface area contributed by atoms with Gasteiger partial charge in [-0.15, -0.1) is 0 Å². The van der Waals surface area contributed by atoms with E-state index >= 15 is 0 Å². The van der Waals surface area contributed by atoms with Gasteiger partial charge in [-0.3, -0.25) is 9.13 Å². The zero-order chi connectivity index (χ0) is 19.5. The molecule has 0 radical (unpaired) electrons. The maximum atomic E-state index is 12.7. The van der Waals surface area contributed by atoms with Crippen LogP contribution in [0.25, 0.3) is 16.7 Å². The van der Waals surface area contributed by atoms with Gasteiger partial charge in [0.25, 0.3) is 0 Å². The number of carbonyl (C=O) groups is 1. The third-order valence-electron chi connectivity index (χ3n) is 5.60. The second-order valence-electron chi connectivity index (χ2n) is 9.04. The lowest BCUT2D eigenvalue weighted by Crippen LogP contribution is -2.27. The minimum Gasteiger partial charge on any atom is -0.465 e. The average molecular weight is 370 g/mol. The van der Waals surface area contributed by atoms with Gasteiger partial charge in [0.15, 0.2) is 5.65 Å². The van der Waals surface area contributed by atoms with E-state index in [1.54, 1.807) is 16.2 Å². The molecule has 27 heavy (non-hydrogen) atoms. The maximum absolute atomic E-state index is 12.7. The van der Waals surface area contributed by atoms with Crippen LogP contribution in [0.3, 0.4) is 0 Å². The Balaban J connectivity index is 1.68. The maximum Gasteiger partial charge on any atom is 0.407 e. The second-order valence-corrected chi connectivity index (χ2v) is 9.04. The Hall–Kier alpha value is -2.57. The lowest BCUT2D eigenvalue weighted by Gasteiger charge is -2.18. The van der Waals surface area contributed by atoms with Gasteiger partial charge in [-0.1, -0.05) is 26.8 Å². The summed E-state index contributed by atoms with van der Waals surface area (Å²) in [6.45, 7) is 8.13. The highest BCUT2D eigenvalue weighted by atomic mass is 16.4. The van der Waals surface area contributed by atoms with Crippen molar-refractivity contribution in [3.8, 4) is 0 Å². The molecule has 0 saturated carbocycles. The number of hydrogen-bond donors (Lipinski definition) is 1. The van der Waals surface area contributed by atoms with Crippen LogP contribution in [0, 0.1) is 17.3 Å². The van der Waals surface area contributed by atoms with E-state index in [0.29, 0.717) is 31.2 Å². The first-order valence-electron chi connectivity index (χ1n) is 9.39. The third kappa shape index (κ3) is 3.05. The summed E-state index contributed by atoms with van der Waals surface area (Å²) in [5, 5.41) is 9.17. The minimum atomic E-state index is -0.839. The molecule has 2 aromatic heterocycles. The first-order chi connectivity index (χ1) is 12.6. The molecule has 0 spiro atoms. The molecule has 0 bridgehead atoms. The lowest BCUT2D eigenvalue weighted by atomic mass is 9.97. The van der Waals surface area contributed by atoms with Gasteiger partial charge in [-0.25, -0.2) is 14.6 Å². The fourth-order valence-electron chi connectivity index (χ4n) is 4.34. The molecular weight excluding hydrogens is 344 g/mol. The highest BCUT2D eigenvalue weighted by Gasteiger charge is 2.38. The summed E-state index contributed by atoms with van der Waals surface area (Å²) in [5.74, 6) is 0.603. The molecule has 1 N–H and O–H groups in total. The first-order valence-corrected chi connectivity index (χ1v) is 9.39. The van der Waals surface area contributed by atoms with Crippen LogP contribution < -0.4 is 5.69 Å². The molecule has 0 aromatic carbocycles. The Morgan fingerprint density at radius 3 is 2.67 bits per heavy atom. The molecule has 1 aliphatic carbocycles. The number of aromatic nitrogens is 3. The molecule has 7 nitrogen and oxygen atoms in total. The number of imidazole rings is 1. The predicted octanol–water partition coefficient (Wildman–Crippen LogP) is 2.79. The normalized spacial score (nSPS) is 22.4. The van der Waals surface area contributed by atoms with Crippen LogP contribution in [-0.2, 0) is 13.6 Å². The number of carboxylic acid groups (broad SMARTS) is 1. The van der Waals surface area contributed by atoms with Crippen LogP contribution in [-0.4, -0.2) is 43.3 Å². The van der Waals surface area contributed by atoms with Gasteiger partial charge in [-0.2, -0.15) is 0 Å². The van der Waals surface area contributed by atoms with Crippen LogP contribution in [0.5, 0.6) is 0 Å². The summed E-state index contributed by atoms with van der Waals surface area (Å²) in [6, 6.07) is 3.98. The summed E-state index contributed by atoms with van der Waals surface area (Å²) in [5.41, 5.74) is 3.57. The van der Waals surface area contributed by atoms with Crippen LogP contribution in [0.1, 0.15) is 32.9 Å². The number of aryl methyl sites for hydroxylation is 1. The van der Waals surface area contributed by atoms with Gasteiger partial charge in [0.2, 0.25) is 0 Å². The van der Waals surface area contributed by atoms with Crippen molar-refractivity contribution < 1.29 is 9.90 Å². The number of likely N-dealkylation sites (tertiary alicyclic amines) is 1. The SMILES string of the molecule is Cn1c(=O)n(CC(C)(C)C)c2ccc(C3=CC4CN(C(=O)O)CC4C3)nc21. The van der Waals surface area contributed by atoms with E-state index < -0.39 is 6.09 Å². The largest absolute Gasteiger partial charge is 0.465 e. The van der Waals surface area contributed by atoms with Crippen LogP contribution in [0.15, 0.2) is 23.0 Å². The number of rotatable bonds is 2. The van der Waals surface area contributed by atoms with E-state index in [4.69, 9.17) is 10.1 Å². The van der Waals surface area contributed by atoms with E-state index in [0.717, 1.165) is 23.2 Å².